The molecule has 16 heavy (non-hydrogen) atoms. The van der Waals surface area contributed by atoms with Crippen LogP contribution in [0.5, 0.6) is 0 Å². The van der Waals surface area contributed by atoms with Gasteiger partial charge in [-0.2, -0.15) is 0 Å². The first kappa shape index (κ1) is 10.8. The number of benzene rings is 1. The quantitative estimate of drug-likeness (QED) is 0.760. The van der Waals surface area contributed by atoms with E-state index >= 15 is 0 Å². The molecule has 0 saturated heterocycles. The van der Waals surface area contributed by atoms with E-state index in [4.69, 9.17) is 0 Å². The van der Waals surface area contributed by atoms with Crippen LogP contribution < -0.4 is 0 Å². The molecule has 0 aliphatic carbocycles. The molecule has 1 aromatic carbocycles. The van der Waals surface area contributed by atoms with Crippen molar-refractivity contribution in [2.24, 2.45) is 0 Å². The lowest BCUT2D eigenvalue weighted by atomic mass is 9.98. The van der Waals surface area contributed by atoms with E-state index in [-0.39, 0.29) is 0 Å². The lowest BCUT2D eigenvalue weighted by Crippen LogP contribution is -1.97. The zero-order chi connectivity index (χ0) is 11.5. The van der Waals surface area contributed by atoms with Crippen molar-refractivity contribution in [3.63, 3.8) is 0 Å². The van der Waals surface area contributed by atoms with E-state index in [0.29, 0.717) is 5.92 Å². The van der Waals surface area contributed by atoms with Gasteiger partial charge in [0, 0.05) is 11.8 Å². The molecular weight excluding hydrogens is 196 g/mol. The largest absolute Gasteiger partial charge is 0.244 e. The van der Waals surface area contributed by atoms with Crippen molar-refractivity contribution < 1.29 is 0 Å². The van der Waals surface area contributed by atoms with E-state index in [2.05, 4.69) is 55.0 Å². The molecule has 82 valence electrons. The fourth-order valence-electron chi connectivity index (χ4n) is 1.75. The molecule has 2 aromatic rings. The molecule has 0 spiro atoms. The first-order chi connectivity index (χ1) is 7.68. The van der Waals surface area contributed by atoms with Gasteiger partial charge in [0.15, 0.2) is 0 Å². The summed E-state index contributed by atoms with van der Waals surface area (Å²) >= 11 is 0. The Morgan fingerprint density at radius 2 is 1.75 bits per heavy atom. The molecule has 2 nitrogen and oxygen atoms in total. The summed E-state index contributed by atoms with van der Waals surface area (Å²) in [7, 11) is 0. The highest BCUT2D eigenvalue weighted by atomic mass is 14.8. The highest BCUT2D eigenvalue weighted by Crippen LogP contribution is 2.26. The van der Waals surface area contributed by atoms with Crippen LogP contribution in [0.15, 0.2) is 36.8 Å². The van der Waals surface area contributed by atoms with E-state index in [0.717, 1.165) is 11.3 Å². The van der Waals surface area contributed by atoms with E-state index in [1.54, 1.807) is 6.33 Å². The fourth-order valence-corrected chi connectivity index (χ4v) is 1.75. The summed E-state index contributed by atoms with van der Waals surface area (Å²) in [4.78, 5) is 8.48. The van der Waals surface area contributed by atoms with E-state index in [1.807, 2.05) is 6.20 Å². The average molecular weight is 212 g/mol. The van der Waals surface area contributed by atoms with Crippen LogP contribution in [0.1, 0.15) is 31.0 Å². The maximum absolute atomic E-state index is 4.37. The van der Waals surface area contributed by atoms with Gasteiger partial charge >= 0.3 is 0 Å². The van der Waals surface area contributed by atoms with Crippen molar-refractivity contribution in [3.05, 3.63) is 48.0 Å². The van der Waals surface area contributed by atoms with Gasteiger partial charge < -0.3 is 0 Å². The van der Waals surface area contributed by atoms with E-state index < -0.39 is 0 Å². The SMILES string of the molecule is Cc1ccc(-c2cncnc2C(C)C)cc1. The standard InChI is InChI=1S/C14H16N2/c1-10(2)14-13(8-15-9-16-14)12-6-4-11(3)5-7-12/h4-10H,1-3H3. The molecule has 0 unspecified atom stereocenters. The minimum Gasteiger partial charge on any atom is -0.244 e. The zero-order valence-electron chi connectivity index (χ0n) is 9.94. The summed E-state index contributed by atoms with van der Waals surface area (Å²) in [6.45, 7) is 6.40. The van der Waals surface area contributed by atoms with Crippen LogP contribution in [0.25, 0.3) is 11.1 Å². The van der Waals surface area contributed by atoms with Crippen LogP contribution in [0.3, 0.4) is 0 Å². The molecule has 0 amide bonds. The number of aryl methyl sites for hydroxylation is 1. The van der Waals surface area contributed by atoms with Crippen molar-refractivity contribution in [3.8, 4) is 11.1 Å². The Labute approximate surface area is 96.4 Å². The monoisotopic (exact) mass is 212 g/mol. The third-order valence-electron chi connectivity index (χ3n) is 2.65. The Morgan fingerprint density at radius 3 is 2.38 bits per heavy atom. The molecule has 0 aliphatic heterocycles. The van der Waals surface area contributed by atoms with Crippen LogP contribution in [-0.4, -0.2) is 9.97 Å². The zero-order valence-corrected chi connectivity index (χ0v) is 9.94. The molecule has 1 aromatic heterocycles. The van der Waals surface area contributed by atoms with Gasteiger partial charge in [0.2, 0.25) is 0 Å². The Bertz CT molecular complexity index is 472. The average Bonchev–Trinajstić information content (AvgIpc) is 2.30. The normalized spacial score (nSPS) is 10.8. The van der Waals surface area contributed by atoms with Gasteiger partial charge in [0.1, 0.15) is 6.33 Å². The van der Waals surface area contributed by atoms with Gasteiger partial charge in [-0.3, -0.25) is 0 Å². The second kappa shape index (κ2) is 4.44. The van der Waals surface area contributed by atoms with Gasteiger partial charge in [-0.1, -0.05) is 43.7 Å². The highest BCUT2D eigenvalue weighted by molar-refractivity contribution is 5.65. The van der Waals surface area contributed by atoms with Crippen molar-refractivity contribution in [2.75, 3.05) is 0 Å². The van der Waals surface area contributed by atoms with Crippen LogP contribution >= 0.6 is 0 Å². The van der Waals surface area contributed by atoms with E-state index in [9.17, 15) is 0 Å². The maximum atomic E-state index is 4.37. The molecule has 0 saturated carbocycles. The molecule has 0 atom stereocenters. The van der Waals surface area contributed by atoms with Gasteiger partial charge in [-0.25, -0.2) is 9.97 Å². The second-order valence-electron chi connectivity index (χ2n) is 4.34. The molecular formula is C14H16N2. The van der Waals surface area contributed by atoms with Crippen LogP contribution in [0, 0.1) is 6.92 Å². The predicted octanol–water partition coefficient (Wildman–Crippen LogP) is 3.58. The summed E-state index contributed by atoms with van der Waals surface area (Å²) in [6, 6.07) is 8.48. The van der Waals surface area contributed by atoms with Crippen LogP contribution in [0.4, 0.5) is 0 Å². The summed E-state index contributed by atoms with van der Waals surface area (Å²) in [5.41, 5.74) is 4.71. The summed E-state index contributed by atoms with van der Waals surface area (Å²) < 4.78 is 0. The number of hydrogen-bond acceptors (Lipinski definition) is 2. The molecule has 0 radical (unpaired) electrons. The highest BCUT2D eigenvalue weighted by Gasteiger charge is 2.09. The third kappa shape index (κ3) is 2.11. The topological polar surface area (TPSA) is 25.8 Å². The number of hydrogen-bond donors (Lipinski definition) is 0. The molecule has 1 heterocycles. The molecule has 2 heteroatoms. The van der Waals surface area contributed by atoms with Crippen molar-refractivity contribution in [1.82, 2.24) is 9.97 Å². The minimum atomic E-state index is 0.416. The van der Waals surface area contributed by atoms with Crippen LogP contribution in [0.2, 0.25) is 0 Å². The summed E-state index contributed by atoms with van der Waals surface area (Å²) in [6.07, 6.45) is 3.51. The second-order valence-corrected chi connectivity index (χ2v) is 4.34. The molecule has 2 rings (SSSR count). The summed E-state index contributed by atoms with van der Waals surface area (Å²) in [5.74, 6) is 0.416. The van der Waals surface area contributed by atoms with Crippen molar-refractivity contribution in [1.29, 1.82) is 0 Å². The Morgan fingerprint density at radius 1 is 1.06 bits per heavy atom. The lowest BCUT2D eigenvalue weighted by molar-refractivity contribution is 0.817. The maximum Gasteiger partial charge on any atom is 0.115 e. The first-order valence-electron chi connectivity index (χ1n) is 5.55. The third-order valence-corrected chi connectivity index (χ3v) is 2.65. The number of nitrogens with zero attached hydrogens (tertiary/aromatic N) is 2. The first-order valence-corrected chi connectivity index (χ1v) is 5.55. The predicted molar refractivity (Wildman–Crippen MR) is 66.3 cm³/mol. The van der Waals surface area contributed by atoms with Crippen LogP contribution in [-0.2, 0) is 0 Å². The van der Waals surface area contributed by atoms with E-state index in [1.165, 1.54) is 11.1 Å². The minimum absolute atomic E-state index is 0.416. The molecule has 0 bridgehead atoms. The molecule has 0 aliphatic rings. The van der Waals surface area contributed by atoms with Gasteiger partial charge in [0.05, 0.1) is 5.69 Å². The Hall–Kier alpha value is -1.70. The van der Waals surface area contributed by atoms with Crippen molar-refractivity contribution in [2.45, 2.75) is 26.7 Å². The van der Waals surface area contributed by atoms with Gasteiger partial charge in [0.25, 0.3) is 0 Å². The fraction of sp³-hybridized carbons (Fsp3) is 0.286. The molecule has 0 N–H and O–H groups in total. The Balaban J connectivity index is 2.51. The van der Waals surface area contributed by atoms with Gasteiger partial charge in [-0.05, 0) is 18.4 Å². The van der Waals surface area contributed by atoms with Crippen molar-refractivity contribution >= 4 is 0 Å². The smallest absolute Gasteiger partial charge is 0.115 e. The Kier molecular flexibility index (Phi) is 3.00. The molecule has 0 fully saturated rings. The summed E-state index contributed by atoms with van der Waals surface area (Å²) in [5, 5.41) is 0. The number of rotatable bonds is 2. The lowest BCUT2D eigenvalue weighted by Gasteiger charge is -2.10. The number of aromatic nitrogens is 2. The van der Waals surface area contributed by atoms with Gasteiger partial charge in [-0.15, -0.1) is 0 Å².